The zero-order valence-corrected chi connectivity index (χ0v) is 12.3. The predicted molar refractivity (Wildman–Crippen MR) is 76.7 cm³/mol. The fourth-order valence-electron chi connectivity index (χ4n) is 0.762. The van der Waals surface area contributed by atoms with E-state index < -0.39 is 0 Å². The highest BCUT2D eigenvalue weighted by molar-refractivity contribution is 5.86. The summed E-state index contributed by atoms with van der Waals surface area (Å²) in [7, 11) is 0. The van der Waals surface area contributed by atoms with Crippen molar-refractivity contribution in [3.05, 3.63) is 0 Å². The standard InChI is InChI=1S/C7H13NO2.C6H11NO2.2H2/c1-5(2)7(10)4-8-6(3)9;1-5(2)6(9)3-7-4-8;;/h5H,4H2,1-3H3,(H,8,9);4-5H,3H2,1-2H3,(H,7,8);2*1H. The SMILES string of the molecule is CC(=O)NCC(=O)C(C)C.CC(C)C(=O)CNC=O.[HH].[HH]. The van der Waals surface area contributed by atoms with Crippen molar-refractivity contribution in [2.45, 2.75) is 34.6 Å². The van der Waals surface area contributed by atoms with Gasteiger partial charge in [0, 0.05) is 21.6 Å². The number of hydrogen-bond acceptors (Lipinski definition) is 4. The number of hydrogen-bond donors (Lipinski definition) is 2. The van der Waals surface area contributed by atoms with Gasteiger partial charge in [0.05, 0.1) is 13.1 Å². The average Bonchev–Trinajstić information content (AvgIpc) is 2.33. The molecule has 0 atom stereocenters. The highest BCUT2D eigenvalue weighted by Gasteiger charge is 2.06. The number of carbonyl (C=O) groups excluding carboxylic acids is 4. The summed E-state index contributed by atoms with van der Waals surface area (Å²) in [5, 5.41) is 4.74. The summed E-state index contributed by atoms with van der Waals surface area (Å²) in [6.45, 7) is 8.93. The monoisotopic (exact) mass is 276 g/mol. The van der Waals surface area contributed by atoms with Crippen molar-refractivity contribution in [1.29, 1.82) is 0 Å². The van der Waals surface area contributed by atoms with Gasteiger partial charge in [0.25, 0.3) is 0 Å². The number of carbonyl (C=O) groups is 4. The van der Waals surface area contributed by atoms with Gasteiger partial charge in [-0.25, -0.2) is 0 Å². The van der Waals surface area contributed by atoms with Crippen molar-refractivity contribution in [3.8, 4) is 0 Å². The molecule has 0 aromatic carbocycles. The molecule has 0 bridgehead atoms. The van der Waals surface area contributed by atoms with E-state index in [1.165, 1.54) is 6.92 Å². The molecule has 0 aromatic rings. The molecule has 0 rings (SSSR count). The molecule has 0 fully saturated rings. The minimum atomic E-state index is -0.158. The first-order valence-corrected chi connectivity index (χ1v) is 6.19. The van der Waals surface area contributed by atoms with Crippen molar-refractivity contribution in [3.63, 3.8) is 0 Å². The number of rotatable bonds is 7. The van der Waals surface area contributed by atoms with Crippen LogP contribution in [0, 0.1) is 11.8 Å². The highest BCUT2D eigenvalue weighted by Crippen LogP contribution is 1.91. The lowest BCUT2D eigenvalue weighted by Crippen LogP contribution is -2.29. The van der Waals surface area contributed by atoms with Gasteiger partial charge in [-0.3, -0.25) is 19.2 Å². The van der Waals surface area contributed by atoms with E-state index in [0.29, 0.717) is 6.41 Å². The number of Topliss-reactive ketones (excluding diaryl/α,β-unsaturated/α-hetero) is 2. The van der Waals surface area contributed by atoms with Crippen molar-refractivity contribution >= 4 is 23.9 Å². The van der Waals surface area contributed by atoms with Crippen molar-refractivity contribution in [2.75, 3.05) is 13.1 Å². The molecule has 0 heterocycles. The van der Waals surface area contributed by atoms with Crippen molar-refractivity contribution < 1.29 is 22.0 Å². The van der Waals surface area contributed by atoms with Crippen LogP contribution in [0.4, 0.5) is 0 Å². The molecule has 114 valence electrons. The van der Waals surface area contributed by atoms with Gasteiger partial charge in [0.1, 0.15) is 0 Å². The molecule has 0 aliphatic heterocycles. The molecule has 0 aliphatic rings. The molecule has 2 N–H and O–H groups in total. The maximum atomic E-state index is 10.8. The Bertz CT molecular complexity index is 321. The summed E-state index contributed by atoms with van der Waals surface area (Å²) in [4.78, 5) is 41.5. The lowest BCUT2D eigenvalue weighted by Gasteiger charge is -2.02. The van der Waals surface area contributed by atoms with Crippen molar-refractivity contribution in [1.82, 2.24) is 10.6 Å². The molecule has 0 aromatic heterocycles. The van der Waals surface area contributed by atoms with Crippen LogP contribution in [0.25, 0.3) is 0 Å². The normalized spacial score (nSPS) is 9.42. The molecular weight excluding hydrogens is 248 g/mol. The molecule has 6 nitrogen and oxygen atoms in total. The van der Waals surface area contributed by atoms with E-state index in [1.54, 1.807) is 13.8 Å². The molecule has 0 spiro atoms. The van der Waals surface area contributed by atoms with Crippen LogP contribution in [-0.2, 0) is 19.2 Å². The minimum Gasteiger partial charge on any atom is -0.352 e. The fraction of sp³-hybridized carbons (Fsp3) is 0.692. The van der Waals surface area contributed by atoms with Gasteiger partial charge in [-0.15, -0.1) is 0 Å². The third-order valence-electron chi connectivity index (χ3n) is 2.16. The Balaban J connectivity index is -0.000000126. The van der Waals surface area contributed by atoms with Gasteiger partial charge in [-0.2, -0.15) is 0 Å². The summed E-state index contributed by atoms with van der Waals surface area (Å²) < 4.78 is 0. The quantitative estimate of drug-likeness (QED) is 0.673. The Morgan fingerprint density at radius 3 is 1.74 bits per heavy atom. The van der Waals surface area contributed by atoms with Crippen LogP contribution in [0.1, 0.15) is 37.5 Å². The molecule has 0 radical (unpaired) electrons. The number of amides is 2. The first kappa shape index (κ1) is 19.6. The Labute approximate surface area is 117 Å². The molecule has 0 saturated carbocycles. The Hall–Kier alpha value is -1.72. The Morgan fingerprint density at radius 2 is 1.42 bits per heavy atom. The van der Waals surface area contributed by atoms with E-state index in [0.717, 1.165) is 0 Å². The Kier molecular flexibility index (Phi) is 11.7. The second kappa shape index (κ2) is 11.4. The lowest BCUT2D eigenvalue weighted by atomic mass is 10.1. The highest BCUT2D eigenvalue weighted by atomic mass is 16.2. The van der Waals surface area contributed by atoms with Crippen LogP contribution in [0.5, 0.6) is 0 Å². The third-order valence-corrected chi connectivity index (χ3v) is 2.16. The van der Waals surface area contributed by atoms with Crippen LogP contribution >= 0.6 is 0 Å². The van der Waals surface area contributed by atoms with Gasteiger partial charge in [0.15, 0.2) is 11.6 Å². The van der Waals surface area contributed by atoms with Gasteiger partial charge >= 0.3 is 0 Å². The van der Waals surface area contributed by atoms with E-state index in [-0.39, 0.29) is 45.3 Å². The van der Waals surface area contributed by atoms with Crippen LogP contribution < -0.4 is 10.6 Å². The van der Waals surface area contributed by atoms with Crippen LogP contribution in [-0.4, -0.2) is 37.0 Å². The topological polar surface area (TPSA) is 92.3 Å². The molecule has 0 unspecified atom stereocenters. The summed E-state index contributed by atoms with van der Waals surface area (Å²) in [5.41, 5.74) is 0. The van der Waals surface area contributed by atoms with Crippen LogP contribution in [0.2, 0.25) is 0 Å². The zero-order valence-electron chi connectivity index (χ0n) is 12.3. The van der Waals surface area contributed by atoms with Crippen molar-refractivity contribution in [2.24, 2.45) is 11.8 Å². The summed E-state index contributed by atoms with van der Waals surface area (Å²) >= 11 is 0. The van der Waals surface area contributed by atoms with E-state index in [2.05, 4.69) is 10.6 Å². The second-order valence-electron chi connectivity index (χ2n) is 4.65. The van der Waals surface area contributed by atoms with E-state index in [1.807, 2.05) is 13.8 Å². The van der Waals surface area contributed by atoms with Gasteiger partial charge in [-0.1, -0.05) is 27.7 Å². The maximum Gasteiger partial charge on any atom is 0.217 e. The van der Waals surface area contributed by atoms with Gasteiger partial charge in [-0.05, 0) is 0 Å². The second-order valence-corrected chi connectivity index (χ2v) is 4.65. The number of nitrogens with one attached hydrogen (secondary N) is 2. The minimum absolute atomic E-state index is 0. The molecule has 19 heavy (non-hydrogen) atoms. The Morgan fingerprint density at radius 1 is 1.00 bits per heavy atom. The predicted octanol–water partition coefficient (Wildman–Crippen LogP) is 0.797. The summed E-state index contributed by atoms with van der Waals surface area (Å²) in [6.07, 6.45) is 0.528. The first-order valence-electron chi connectivity index (χ1n) is 6.19. The smallest absolute Gasteiger partial charge is 0.217 e. The molecular formula is C13H28N2O4. The lowest BCUT2D eigenvalue weighted by molar-refractivity contribution is -0.125. The van der Waals surface area contributed by atoms with Gasteiger partial charge in [0.2, 0.25) is 12.3 Å². The molecule has 0 saturated heterocycles. The van der Waals surface area contributed by atoms with E-state index >= 15 is 0 Å². The van der Waals surface area contributed by atoms with Gasteiger partial charge < -0.3 is 10.6 Å². The van der Waals surface area contributed by atoms with E-state index in [4.69, 9.17) is 0 Å². The van der Waals surface area contributed by atoms with Crippen LogP contribution in [0.15, 0.2) is 0 Å². The van der Waals surface area contributed by atoms with E-state index in [9.17, 15) is 19.2 Å². The van der Waals surface area contributed by atoms with Crippen LogP contribution in [0.3, 0.4) is 0 Å². The molecule has 2 amide bonds. The maximum absolute atomic E-state index is 10.8. The summed E-state index contributed by atoms with van der Waals surface area (Å²) in [5.74, 6) is -0.0180. The molecule has 6 heteroatoms. The fourth-order valence-corrected chi connectivity index (χ4v) is 0.762. The third kappa shape index (κ3) is 14.2. The average molecular weight is 276 g/mol. The summed E-state index contributed by atoms with van der Waals surface area (Å²) in [6, 6.07) is 0. The largest absolute Gasteiger partial charge is 0.352 e. The molecule has 0 aliphatic carbocycles. The zero-order chi connectivity index (χ0) is 15.4. The number of ketones is 2. The first-order chi connectivity index (χ1) is 8.72.